The smallest absolute Gasteiger partial charge is 0.262 e. The topological polar surface area (TPSA) is 64.6 Å². The molecule has 2 rings (SSSR count). The molecule has 0 radical (unpaired) electrons. The Morgan fingerprint density at radius 1 is 0.917 bits per heavy atom. The fraction of sp³-hybridized carbons (Fsp3) is 0.250. The van der Waals surface area contributed by atoms with Gasteiger partial charge in [-0.05, 0) is 44.2 Å². The lowest BCUT2D eigenvalue weighted by molar-refractivity contribution is 0.287. The van der Waals surface area contributed by atoms with Gasteiger partial charge in [-0.1, -0.05) is 23.2 Å². The van der Waals surface area contributed by atoms with Gasteiger partial charge in [-0.3, -0.25) is 4.72 Å². The van der Waals surface area contributed by atoms with E-state index in [0.717, 1.165) is 0 Å². The number of sulfonamides is 1. The Labute approximate surface area is 151 Å². The van der Waals surface area contributed by atoms with E-state index < -0.39 is 10.0 Å². The highest BCUT2D eigenvalue weighted by Gasteiger charge is 2.18. The molecule has 0 unspecified atom stereocenters. The third-order valence-corrected chi connectivity index (χ3v) is 5.11. The summed E-state index contributed by atoms with van der Waals surface area (Å²) in [5.74, 6) is 0.865. The first-order valence-electron chi connectivity index (χ1n) is 7.25. The van der Waals surface area contributed by atoms with Crippen LogP contribution in [0.25, 0.3) is 0 Å². The molecule has 0 heterocycles. The average molecular weight is 390 g/mol. The zero-order valence-electron chi connectivity index (χ0n) is 13.2. The van der Waals surface area contributed by atoms with Crippen LogP contribution in [0, 0.1) is 0 Å². The molecule has 0 atom stereocenters. The Bertz CT molecular complexity index is 825. The van der Waals surface area contributed by atoms with Crippen molar-refractivity contribution in [1.82, 2.24) is 0 Å². The van der Waals surface area contributed by atoms with E-state index in [1.54, 1.807) is 6.07 Å². The summed E-state index contributed by atoms with van der Waals surface area (Å²) >= 11 is 11.7. The van der Waals surface area contributed by atoms with Gasteiger partial charge in [-0.2, -0.15) is 0 Å². The van der Waals surface area contributed by atoms with Crippen molar-refractivity contribution in [3.8, 4) is 11.5 Å². The summed E-state index contributed by atoms with van der Waals surface area (Å²) in [7, 11) is -3.80. The van der Waals surface area contributed by atoms with Gasteiger partial charge < -0.3 is 9.47 Å². The van der Waals surface area contributed by atoms with Gasteiger partial charge in [0.05, 0.1) is 33.8 Å². The molecule has 0 aliphatic carbocycles. The SMILES string of the molecule is CCOc1ccc(S(=O)(=O)Nc2ccc(Cl)c(Cl)c2)cc1OCC. The summed E-state index contributed by atoms with van der Waals surface area (Å²) in [5, 5.41) is 0.609. The van der Waals surface area contributed by atoms with Gasteiger partial charge in [-0.25, -0.2) is 8.42 Å². The lowest BCUT2D eigenvalue weighted by Gasteiger charge is -2.13. The first kappa shape index (κ1) is 18.7. The molecule has 1 N–H and O–H groups in total. The second-order valence-corrected chi connectivity index (χ2v) is 7.21. The van der Waals surface area contributed by atoms with E-state index in [-0.39, 0.29) is 9.92 Å². The summed E-state index contributed by atoms with van der Waals surface area (Å²) in [6.45, 7) is 4.49. The molecule has 2 aromatic carbocycles. The maximum absolute atomic E-state index is 12.5. The van der Waals surface area contributed by atoms with Crippen LogP contribution in [0.5, 0.6) is 11.5 Å². The Morgan fingerprint density at radius 3 is 2.21 bits per heavy atom. The lowest BCUT2D eigenvalue weighted by atomic mass is 10.3. The van der Waals surface area contributed by atoms with Crippen LogP contribution in [0.3, 0.4) is 0 Å². The van der Waals surface area contributed by atoms with Crippen LogP contribution in [0.1, 0.15) is 13.8 Å². The fourth-order valence-corrected chi connectivity index (χ4v) is 3.33. The third kappa shape index (κ3) is 4.47. The number of rotatable bonds is 7. The van der Waals surface area contributed by atoms with Gasteiger partial charge in [0.1, 0.15) is 0 Å². The van der Waals surface area contributed by atoms with Crippen LogP contribution in [-0.2, 0) is 10.0 Å². The van der Waals surface area contributed by atoms with Gasteiger partial charge in [-0.15, -0.1) is 0 Å². The van der Waals surface area contributed by atoms with Crippen LogP contribution in [0.2, 0.25) is 10.0 Å². The molecule has 2 aromatic rings. The van der Waals surface area contributed by atoms with E-state index in [9.17, 15) is 8.42 Å². The highest BCUT2D eigenvalue weighted by atomic mass is 35.5. The average Bonchev–Trinajstić information content (AvgIpc) is 2.53. The molecule has 0 aromatic heterocycles. The molecule has 0 saturated heterocycles. The predicted octanol–water partition coefficient (Wildman–Crippen LogP) is 4.59. The number of hydrogen-bond acceptors (Lipinski definition) is 4. The van der Waals surface area contributed by atoms with Crippen molar-refractivity contribution in [1.29, 1.82) is 0 Å². The van der Waals surface area contributed by atoms with E-state index in [2.05, 4.69) is 4.72 Å². The number of nitrogens with one attached hydrogen (secondary N) is 1. The molecule has 0 bridgehead atoms. The summed E-state index contributed by atoms with van der Waals surface area (Å²) < 4.78 is 38.4. The summed E-state index contributed by atoms with van der Waals surface area (Å²) in [6.07, 6.45) is 0. The number of ether oxygens (including phenoxy) is 2. The maximum atomic E-state index is 12.5. The lowest BCUT2D eigenvalue weighted by Crippen LogP contribution is -2.13. The van der Waals surface area contributed by atoms with Crippen LogP contribution in [-0.4, -0.2) is 21.6 Å². The maximum Gasteiger partial charge on any atom is 0.262 e. The number of halogens is 2. The van der Waals surface area contributed by atoms with Gasteiger partial charge in [0, 0.05) is 6.07 Å². The molecule has 0 amide bonds. The highest BCUT2D eigenvalue weighted by molar-refractivity contribution is 7.92. The zero-order chi connectivity index (χ0) is 17.7. The number of benzene rings is 2. The first-order chi connectivity index (χ1) is 11.4. The molecule has 0 fully saturated rings. The van der Waals surface area contributed by atoms with Crippen molar-refractivity contribution in [2.75, 3.05) is 17.9 Å². The first-order valence-corrected chi connectivity index (χ1v) is 9.48. The van der Waals surface area contributed by atoms with E-state index in [0.29, 0.717) is 35.4 Å². The molecule has 8 heteroatoms. The Balaban J connectivity index is 2.34. The normalized spacial score (nSPS) is 11.2. The van der Waals surface area contributed by atoms with Crippen molar-refractivity contribution in [3.63, 3.8) is 0 Å². The summed E-state index contributed by atoms with van der Waals surface area (Å²) in [6, 6.07) is 8.94. The zero-order valence-corrected chi connectivity index (χ0v) is 15.5. The Kier molecular flexibility index (Phi) is 6.21. The molecule has 24 heavy (non-hydrogen) atoms. The number of hydrogen-bond donors (Lipinski definition) is 1. The van der Waals surface area contributed by atoms with E-state index in [1.807, 2.05) is 13.8 Å². The van der Waals surface area contributed by atoms with E-state index >= 15 is 0 Å². The molecular weight excluding hydrogens is 373 g/mol. The van der Waals surface area contributed by atoms with Gasteiger partial charge >= 0.3 is 0 Å². The molecule has 0 spiro atoms. The van der Waals surface area contributed by atoms with Crippen LogP contribution in [0.4, 0.5) is 5.69 Å². The van der Waals surface area contributed by atoms with Crippen LogP contribution in [0.15, 0.2) is 41.3 Å². The van der Waals surface area contributed by atoms with Crippen molar-refractivity contribution in [2.24, 2.45) is 0 Å². The second-order valence-electron chi connectivity index (χ2n) is 4.71. The number of anilines is 1. The van der Waals surface area contributed by atoms with Crippen LogP contribution < -0.4 is 14.2 Å². The molecule has 0 aliphatic heterocycles. The minimum absolute atomic E-state index is 0.0560. The second kappa shape index (κ2) is 7.96. The Morgan fingerprint density at radius 2 is 1.58 bits per heavy atom. The molecule has 0 saturated carbocycles. The summed E-state index contributed by atoms with van der Waals surface area (Å²) in [4.78, 5) is 0.0560. The standard InChI is InChI=1S/C16H17Cl2NO4S/c1-3-22-15-8-6-12(10-16(15)23-4-2)24(20,21)19-11-5-7-13(17)14(18)9-11/h5-10,19H,3-4H2,1-2H3. The van der Waals surface area contributed by atoms with Crippen molar-refractivity contribution >= 4 is 38.9 Å². The monoisotopic (exact) mass is 389 g/mol. The molecular formula is C16H17Cl2NO4S. The van der Waals surface area contributed by atoms with Crippen molar-refractivity contribution in [2.45, 2.75) is 18.7 Å². The Hall–Kier alpha value is -1.63. The predicted molar refractivity (Wildman–Crippen MR) is 96.1 cm³/mol. The fourth-order valence-electron chi connectivity index (χ4n) is 1.97. The largest absolute Gasteiger partial charge is 0.490 e. The van der Waals surface area contributed by atoms with E-state index in [4.69, 9.17) is 32.7 Å². The third-order valence-electron chi connectivity index (χ3n) is 3.00. The molecule has 0 aliphatic rings. The minimum Gasteiger partial charge on any atom is -0.490 e. The van der Waals surface area contributed by atoms with Crippen LogP contribution >= 0.6 is 23.2 Å². The quantitative estimate of drug-likeness (QED) is 0.751. The van der Waals surface area contributed by atoms with Crippen molar-refractivity contribution < 1.29 is 17.9 Å². The van der Waals surface area contributed by atoms with E-state index in [1.165, 1.54) is 30.3 Å². The molecule has 130 valence electrons. The molecule has 5 nitrogen and oxygen atoms in total. The van der Waals surface area contributed by atoms with Crippen molar-refractivity contribution in [3.05, 3.63) is 46.4 Å². The van der Waals surface area contributed by atoms with Gasteiger partial charge in [0.2, 0.25) is 0 Å². The highest BCUT2D eigenvalue weighted by Crippen LogP contribution is 2.31. The van der Waals surface area contributed by atoms with Gasteiger partial charge in [0.15, 0.2) is 11.5 Å². The van der Waals surface area contributed by atoms with Gasteiger partial charge in [0.25, 0.3) is 10.0 Å². The minimum atomic E-state index is -3.80. The summed E-state index contributed by atoms with van der Waals surface area (Å²) in [5.41, 5.74) is 0.316.